The van der Waals surface area contributed by atoms with Crippen LogP contribution >= 0.6 is 11.6 Å². The minimum atomic E-state index is -5.21. The second-order valence-electron chi connectivity index (χ2n) is 11.4. The summed E-state index contributed by atoms with van der Waals surface area (Å²) in [5.41, 5.74) is -4.93. The predicted octanol–water partition coefficient (Wildman–Crippen LogP) is 9.21. The van der Waals surface area contributed by atoms with Gasteiger partial charge in [-0.15, -0.1) is 0 Å². The number of rotatable bonds is 16. The molecular weight excluding hydrogens is 735 g/mol. The molecule has 1 atom stereocenters. The molecule has 52 heavy (non-hydrogen) atoms. The maximum absolute atomic E-state index is 15.2. The number of aliphatic carboxylic acids is 1. The molecule has 0 aliphatic carbocycles. The lowest BCUT2D eigenvalue weighted by atomic mass is 9.80. The van der Waals surface area contributed by atoms with Crippen molar-refractivity contribution in [3.05, 3.63) is 124 Å². The van der Waals surface area contributed by atoms with Crippen LogP contribution in [0, 0.1) is 11.6 Å². The average Bonchev–Trinajstić information content (AvgIpc) is 3.06. The van der Waals surface area contributed by atoms with Crippen LogP contribution in [0.4, 0.5) is 39.5 Å². The molecule has 17 heteroatoms. The monoisotopic (exact) mass is 762 g/mol. The number of halogens is 10. The van der Waals surface area contributed by atoms with Crippen LogP contribution in [-0.2, 0) is 22.9 Å². The molecule has 0 fully saturated rings. The Morgan fingerprint density at radius 2 is 1.58 bits per heavy atom. The van der Waals surface area contributed by atoms with E-state index in [-0.39, 0.29) is 29.8 Å². The molecule has 0 bridgehead atoms. The normalized spacial score (nSPS) is 13.1. The molecule has 0 radical (unpaired) electrons. The zero-order valence-electron chi connectivity index (χ0n) is 26.6. The minimum absolute atomic E-state index is 0.00763. The molecule has 278 valence electrons. The van der Waals surface area contributed by atoms with Crippen LogP contribution < -0.4 is 14.8 Å². The molecule has 1 unspecified atom stereocenters. The van der Waals surface area contributed by atoms with Crippen molar-refractivity contribution in [2.24, 2.45) is 0 Å². The van der Waals surface area contributed by atoms with E-state index in [0.29, 0.717) is 42.7 Å². The number of carbonyl (C=O) groups is 2. The number of ether oxygens (including phenoxy) is 2. The van der Waals surface area contributed by atoms with Gasteiger partial charge in [-0.2, -0.15) is 30.7 Å². The number of nitrogens with zero attached hydrogens (tertiary/aromatic N) is 1. The molecule has 1 aromatic heterocycles. The van der Waals surface area contributed by atoms with Crippen molar-refractivity contribution in [2.45, 2.75) is 56.4 Å². The number of hydrogen-bond donors (Lipinski definition) is 2. The van der Waals surface area contributed by atoms with E-state index in [2.05, 4.69) is 15.0 Å². The second kappa shape index (κ2) is 16.6. The molecular formula is C35H28ClF9N2O5. The van der Waals surface area contributed by atoms with Crippen LogP contribution in [0.1, 0.15) is 58.4 Å². The Morgan fingerprint density at radius 3 is 2.19 bits per heavy atom. The van der Waals surface area contributed by atoms with Crippen molar-refractivity contribution in [2.75, 3.05) is 6.61 Å². The molecule has 4 aromatic rings. The summed E-state index contributed by atoms with van der Waals surface area (Å²) in [4.78, 5) is 28.7. The number of alkyl halides is 7. The zero-order valence-corrected chi connectivity index (χ0v) is 27.4. The van der Waals surface area contributed by atoms with Gasteiger partial charge in [0.25, 0.3) is 5.91 Å². The van der Waals surface area contributed by atoms with Crippen molar-refractivity contribution in [3.63, 3.8) is 0 Å². The van der Waals surface area contributed by atoms with E-state index in [1.807, 2.05) is 0 Å². The Kier molecular flexibility index (Phi) is 12.7. The number of hydrogen-bond acceptors (Lipinski definition) is 5. The largest absolute Gasteiger partial charge is 0.494 e. The van der Waals surface area contributed by atoms with Crippen molar-refractivity contribution in [1.29, 1.82) is 0 Å². The summed E-state index contributed by atoms with van der Waals surface area (Å²) < 4.78 is 134. The summed E-state index contributed by atoms with van der Waals surface area (Å²) in [5.74, 6) is -5.91. The number of nitrogens with one attached hydrogen (secondary N) is 1. The Balaban J connectivity index is 1.82. The topological polar surface area (TPSA) is 97.8 Å². The van der Waals surface area contributed by atoms with Gasteiger partial charge in [-0.3, -0.25) is 14.6 Å². The smallest absolute Gasteiger partial charge is 0.461 e. The molecule has 3 aromatic carbocycles. The predicted molar refractivity (Wildman–Crippen MR) is 169 cm³/mol. The number of amides is 1. The number of pyridine rings is 1. The fourth-order valence-corrected chi connectivity index (χ4v) is 5.24. The lowest BCUT2D eigenvalue weighted by molar-refractivity contribution is -0.253. The Bertz CT molecular complexity index is 1860. The molecule has 0 aliphatic heterocycles. The second-order valence-corrected chi connectivity index (χ2v) is 11.9. The molecule has 0 spiro atoms. The number of aromatic nitrogens is 1. The first kappa shape index (κ1) is 39.8. The minimum Gasteiger partial charge on any atom is -0.494 e. The summed E-state index contributed by atoms with van der Waals surface area (Å²) in [6.07, 6.45) is -12.3. The molecule has 7 nitrogen and oxygen atoms in total. The van der Waals surface area contributed by atoms with Crippen LogP contribution in [0.3, 0.4) is 0 Å². The molecule has 0 saturated heterocycles. The Labute approximate surface area is 295 Å². The fourth-order valence-electron chi connectivity index (χ4n) is 5.12. The molecule has 1 heterocycles. The summed E-state index contributed by atoms with van der Waals surface area (Å²) in [7, 11) is 0. The molecule has 0 aliphatic rings. The van der Waals surface area contributed by atoms with Gasteiger partial charge in [-0.25, -0.2) is 8.78 Å². The van der Waals surface area contributed by atoms with Crippen LogP contribution in [0.2, 0.25) is 5.02 Å². The maximum Gasteiger partial charge on any atom is 0.461 e. The summed E-state index contributed by atoms with van der Waals surface area (Å²) >= 11 is 6.03. The van der Waals surface area contributed by atoms with Gasteiger partial charge in [0.05, 0.1) is 22.9 Å². The van der Waals surface area contributed by atoms with E-state index in [0.717, 1.165) is 24.4 Å². The standard InChI is InChI=1S/C35H28ClF9N2O5/c36-23-8-12-29(46-19-23)33(22-15-24(37)17-26(16-22)52-35(44,45)32(39)40,47-31(50)21-7-11-28(38)27(14-21)34(41,42)43)18-20-5-9-25(10-6-20)51-13-3-1-2-4-30(48)49/h5-12,14-17,19,32H,1-4,13,18H2,(H,47,50)(H,48,49). The van der Waals surface area contributed by atoms with Crippen molar-refractivity contribution >= 4 is 23.5 Å². The van der Waals surface area contributed by atoms with Gasteiger partial charge in [0.15, 0.2) is 0 Å². The van der Waals surface area contributed by atoms with E-state index in [1.165, 1.54) is 36.4 Å². The Morgan fingerprint density at radius 1 is 0.865 bits per heavy atom. The van der Waals surface area contributed by atoms with Crippen molar-refractivity contribution < 1.29 is 63.7 Å². The molecule has 4 rings (SSSR count). The van der Waals surface area contributed by atoms with Crippen LogP contribution in [0.5, 0.6) is 11.5 Å². The Hall–Kier alpha value is -4.99. The van der Waals surface area contributed by atoms with E-state index in [1.54, 1.807) is 0 Å². The first-order chi connectivity index (χ1) is 24.4. The van der Waals surface area contributed by atoms with Gasteiger partial charge in [0.2, 0.25) is 0 Å². The third-order valence-corrected chi connectivity index (χ3v) is 7.82. The molecule has 1 amide bonds. The van der Waals surface area contributed by atoms with Gasteiger partial charge in [0, 0.05) is 30.7 Å². The van der Waals surface area contributed by atoms with E-state index in [9.17, 15) is 44.7 Å². The first-order valence-electron chi connectivity index (χ1n) is 15.3. The SMILES string of the molecule is O=C(O)CCCCCOc1ccc(CC(NC(=O)c2ccc(F)c(C(F)(F)F)c2)(c2cc(F)cc(OC(F)(F)C(F)F)c2)c2ccc(Cl)cn2)cc1. The lowest BCUT2D eigenvalue weighted by Crippen LogP contribution is -2.49. The van der Waals surface area contributed by atoms with Crippen LogP contribution in [0.25, 0.3) is 0 Å². The van der Waals surface area contributed by atoms with Crippen molar-refractivity contribution in [1.82, 2.24) is 10.3 Å². The molecule has 0 saturated carbocycles. The van der Waals surface area contributed by atoms with Crippen LogP contribution in [0.15, 0.2) is 79.0 Å². The number of carboxylic acid groups (broad SMARTS) is 1. The highest BCUT2D eigenvalue weighted by molar-refractivity contribution is 6.30. The molecule has 2 N–H and O–H groups in total. The number of benzene rings is 3. The number of unbranched alkanes of at least 4 members (excludes halogenated alkanes) is 2. The summed E-state index contributed by atoms with van der Waals surface area (Å²) in [5, 5.41) is 11.3. The number of carbonyl (C=O) groups excluding carboxylic acids is 1. The van der Waals surface area contributed by atoms with E-state index in [4.69, 9.17) is 21.4 Å². The van der Waals surface area contributed by atoms with Gasteiger partial charge >= 0.3 is 24.7 Å². The van der Waals surface area contributed by atoms with Gasteiger partial charge in [0.1, 0.15) is 28.7 Å². The van der Waals surface area contributed by atoms with Crippen LogP contribution in [-0.4, -0.2) is 41.1 Å². The zero-order chi connectivity index (χ0) is 38.3. The van der Waals surface area contributed by atoms with E-state index < -0.39 is 76.6 Å². The number of carboxylic acids is 1. The highest BCUT2D eigenvalue weighted by Gasteiger charge is 2.45. The van der Waals surface area contributed by atoms with Gasteiger partial charge in [-0.05, 0) is 85.0 Å². The highest BCUT2D eigenvalue weighted by atomic mass is 35.5. The third kappa shape index (κ3) is 10.3. The highest BCUT2D eigenvalue weighted by Crippen LogP contribution is 2.38. The quantitative estimate of drug-likeness (QED) is 0.0873. The summed E-state index contributed by atoms with van der Waals surface area (Å²) in [6, 6.07) is 11.8. The summed E-state index contributed by atoms with van der Waals surface area (Å²) in [6.45, 7) is 0.237. The van der Waals surface area contributed by atoms with Gasteiger partial charge in [-0.1, -0.05) is 23.7 Å². The lowest BCUT2D eigenvalue weighted by Gasteiger charge is -2.36. The van der Waals surface area contributed by atoms with Gasteiger partial charge < -0.3 is 19.9 Å². The average molecular weight is 763 g/mol. The maximum atomic E-state index is 15.2. The van der Waals surface area contributed by atoms with Crippen molar-refractivity contribution in [3.8, 4) is 11.5 Å². The third-order valence-electron chi connectivity index (χ3n) is 7.59. The first-order valence-corrected chi connectivity index (χ1v) is 15.7. The van der Waals surface area contributed by atoms with E-state index >= 15 is 4.39 Å². The fraction of sp³-hybridized carbons (Fsp3) is 0.286.